The summed E-state index contributed by atoms with van der Waals surface area (Å²) >= 11 is 0.985. The second kappa shape index (κ2) is 8.04. The quantitative estimate of drug-likeness (QED) is 0.796. The Morgan fingerprint density at radius 1 is 0.963 bits per heavy atom. The topological polar surface area (TPSA) is 55.4 Å². The lowest BCUT2D eigenvalue weighted by Gasteiger charge is -2.10. The molecule has 1 aliphatic heterocycles. The molecule has 1 atom stereocenters. The van der Waals surface area contributed by atoms with E-state index in [1.807, 2.05) is 12.1 Å². The smallest absolute Gasteiger partial charge is 0.416 e. The molecular weight excluding hydrogens is 379 g/mol. The van der Waals surface area contributed by atoms with Crippen molar-refractivity contribution in [2.24, 2.45) is 0 Å². The molecule has 2 aromatic carbocycles. The summed E-state index contributed by atoms with van der Waals surface area (Å²) in [7, 11) is 0. The maximum absolute atomic E-state index is 12.5. The van der Waals surface area contributed by atoms with Gasteiger partial charge < -0.3 is 4.74 Å². The first-order valence-electron chi connectivity index (χ1n) is 8.20. The first-order chi connectivity index (χ1) is 12.8. The van der Waals surface area contributed by atoms with Crippen molar-refractivity contribution in [3.05, 3.63) is 65.2 Å². The van der Waals surface area contributed by atoms with Crippen LogP contribution in [0.5, 0.6) is 5.75 Å². The third-order valence-electron chi connectivity index (χ3n) is 4.05. The predicted octanol–water partition coefficient (Wildman–Crippen LogP) is 4.22. The summed E-state index contributed by atoms with van der Waals surface area (Å²) in [5.74, 6) is 0.354. The van der Waals surface area contributed by atoms with Gasteiger partial charge in [-0.05, 0) is 41.8 Å². The lowest BCUT2D eigenvalue weighted by molar-refractivity contribution is -0.137. The molecule has 0 spiro atoms. The van der Waals surface area contributed by atoms with Gasteiger partial charge in [0.1, 0.15) is 5.75 Å². The Morgan fingerprint density at radius 2 is 1.59 bits per heavy atom. The molecule has 1 heterocycles. The lowest BCUT2D eigenvalue weighted by Crippen LogP contribution is -2.25. The van der Waals surface area contributed by atoms with Crippen LogP contribution in [0.4, 0.5) is 18.0 Å². The van der Waals surface area contributed by atoms with Gasteiger partial charge in [0.2, 0.25) is 5.91 Å². The summed E-state index contributed by atoms with van der Waals surface area (Å²) in [4.78, 5) is 22.7. The van der Waals surface area contributed by atoms with Crippen molar-refractivity contribution in [3.63, 3.8) is 0 Å². The van der Waals surface area contributed by atoms with Crippen LogP contribution < -0.4 is 10.1 Å². The number of imide groups is 1. The van der Waals surface area contributed by atoms with Crippen molar-refractivity contribution in [3.8, 4) is 5.75 Å². The van der Waals surface area contributed by atoms with Crippen LogP contribution in [0.25, 0.3) is 0 Å². The Balaban J connectivity index is 1.47. The van der Waals surface area contributed by atoms with Crippen LogP contribution in [-0.4, -0.2) is 23.0 Å². The van der Waals surface area contributed by atoms with Gasteiger partial charge in [-0.15, -0.1) is 0 Å². The molecule has 142 valence electrons. The number of amides is 2. The van der Waals surface area contributed by atoms with Crippen molar-refractivity contribution in [1.82, 2.24) is 5.32 Å². The molecule has 27 heavy (non-hydrogen) atoms. The van der Waals surface area contributed by atoms with Crippen LogP contribution in [0, 0.1) is 0 Å². The van der Waals surface area contributed by atoms with Crippen molar-refractivity contribution in [1.29, 1.82) is 0 Å². The van der Waals surface area contributed by atoms with Gasteiger partial charge in [-0.25, -0.2) is 0 Å². The molecule has 8 heteroatoms. The van der Waals surface area contributed by atoms with Crippen molar-refractivity contribution < 1.29 is 27.5 Å². The summed E-state index contributed by atoms with van der Waals surface area (Å²) in [6.07, 6.45) is -3.39. The number of thioether (sulfide) groups is 1. The highest BCUT2D eigenvalue weighted by molar-refractivity contribution is 8.15. The molecule has 0 radical (unpaired) electrons. The monoisotopic (exact) mass is 395 g/mol. The van der Waals surface area contributed by atoms with E-state index in [4.69, 9.17) is 4.74 Å². The van der Waals surface area contributed by atoms with Crippen LogP contribution in [0.1, 0.15) is 16.7 Å². The van der Waals surface area contributed by atoms with Gasteiger partial charge in [0, 0.05) is 6.42 Å². The minimum Gasteiger partial charge on any atom is -0.493 e. The highest BCUT2D eigenvalue weighted by Gasteiger charge is 2.31. The summed E-state index contributed by atoms with van der Waals surface area (Å²) in [6, 6.07) is 12.2. The largest absolute Gasteiger partial charge is 0.493 e. The van der Waals surface area contributed by atoms with E-state index in [0.29, 0.717) is 25.2 Å². The zero-order chi connectivity index (χ0) is 19.4. The number of nitrogens with one attached hydrogen (secondary N) is 1. The van der Waals surface area contributed by atoms with Gasteiger partial charge >= 0.3 is 6.18 Å². The number of halogens is 3. The average molecular weight is 395 g/mol. The maximum Gasteiger partial charge on any atom is 0.416 e. The summed E-state index contributed by atoms with van der Waals surface area (Å²) in [5.41, 5.74) is 1.000. The van der Waals surface area contributed by atoms with E-state index in [9.17, 15) is 22.8 Å². The molecule has 1 aliphatic rings. The fourth-order valence-electron chi connectivity index (χ4n) is 2.61. The Bertz CT molecular complexity index is 820. The number of hydrogen-bond acceptors (Lipinski definition) is 4. The molecule has 0 bridgehead atoms. The molecule has 1 fully saturated rings. The normalized spacial score (nSPS) is 17.1. The van der Waals surface area contributed by atoms with Crippen molar-refractivity contribution in [2.45, 2.75) is 24.3 Å². The number of alkyl halides is 3. The van der Waals surface area contributed by atoms with Gasteiger partial charge in [0.15, 0.2) is 0 Å². The predicted molar refractivity (Wildman–Crippen MR) is 95.7 cm³/mol. The van der Waals surface area contributed by atoms with Crippen molar-refractivity contribution in [2.75, 3.05) is 6.61 Å². The van der Waals surface area contributed by atoms with Gasteiger partial charge in [-0.1, -0.05) is 36.0 Å². The molecule has 3 rings (SSSR count). The van der Waals surface area contributed by atoms with E-state index in [-0.39, 0.29) is 11.1 Å². The van der Waals surface area contributed by atoms with E-state index in [2.05, 4.69) is 5.32 Å². The highest BCUT2D eigenvalue weighted by Crippen LogP contribution is 2.29. The van der Waals surface area contributed by atoms with Crippen molar-refractivity contribution >= 4 is 22.9 Å². The molecular formula is C19H16F3NO3S. The fourth-order valence-corrected chi connectivity index (χ4v) is 3.47. The molecule has 0 aliphatic carbocycles. The Hall–Kier alpha value is -2.48. The molecule has 2 amide bonds. The minimum atomic E-state index is -4.33. The second-order valence-corrected chi connectivity index (χ2v) is 7.20. The summed E-state index contributed by atoms with van der Waals surface area (Å²) < 4.78 is 43.2. The Morgan fingerprint density at radius 3 is 2.15 bits per heavy atom. The molecule has 4 nitrogen and oxygen atoms in total. The van der Waals surface area contributed by atoms with E-state index in [0.717, 1.165) is 35.0 Å². The molecule has 1 saturated heterocycles. The standard InChI is InChI=1S/C19H16F3NO3S/c20-19(21,22)14-5-1-12(2-6-14)9-10-26-15-7-3-13(4-8-15)11-16-17(24)23-18(25)27-16/h1-8,16H,9-11H2,(H,23,24,25). The average Bonchev–Trinajstić information content (AvgIpc) is 2.93. The molecule has 0 aromatic heterocycles. The van der Waals surface area contributed by atoms with E-state index >= 15 is 0 Å². The number of rotatable bonds is 6. The number of benzene rings is 2. The first-order valence-corrected chi connectivity index (χ1v) is 9.08. The molecule has 0 saturated carbocycles. The van der Waals surface area contributed by atoms with Crippen LogP contribution in [0.2, 0.25) is 0 Å². The maximum atomic E-state index is 12.5. The SMILES string of the molecule is O=C1NC(=O)C(Cc2ccc(OCCc3ccc(C(F)(F)F)cc3)cc2)S1. The third kappa shape index (κ3) is 5.26. The molecule has 1 unspecified atom stereocenters. The Kier molecular flexibility index (Phi) is 5.74. The molecule has 2 aromatic rings. The van der Waals surface area contributed by atoms with E-state index in [1.54, 1.807) is 12.1 Å². The summed E-state index contributed by atoms with van der Waals surface area (Å²) in [6.45, 7) is 0.333. The Labute approximate surface area is 158 Å². The van der Waals surface area contributed by atoms with Gasteiger partial charge in [-0.3, -0.25) is 14.9 Å². The summed E-state index contributed by atoms with van der Waals surface area (Å²) in [5, 5.41) is 1.51. The third-order valence-corrected chi connectivity index (χ3v) is 5.03. The highest BCUT2D eigenvalue weighted by atomic mass is 32.2. The van der Waals surface area contributed by atoms with Crippen LogP contribution >= 0.6 is 11.8 Å². The van der Waals surface area contributed by atoms with Crippen LogP contribution in [0.15, 0.2) is 48.5 Å². The minimum absolute atomic E-state index is 0.276. The first kappa shape index (κ1) is 19.3. The van der Waals surface area contributed by atoms with Gasteiger partial charge in [0.05, 0.1) is 17.4 Å². The fraction of sp³-hybridized carbons (Fsp3) is 0.263. The zero-order valence-electron chi connectivity index (χ0n) is 14.1. The van der Waals surface area contributed by atoms with Gasteiger partial charge in [-0.2, -0.15) is 13.2 Å². The number of carbonyl (C=O) groups excluding carboxylic acids is 2. The zero-order valence-corrected chi connectivity index (χ0v) is 14.9. The van der Waals surface area contributed by atoms with E-state index < -0.39 is 17.0 Å². The number of hydrogen-bond donors (Lipinski definition) is 1. The lowest BCUT2D eigenvalue weighted by atomic mass is 10.1. The number of carbonyl (C=O) groups is 2. The van der Waals surface area contributed by atoms with Crippen LogP contribution in [-0.2, 0) is 23.8 Å². The second-order valence-electron chi connectivity index (χ2n) is 6.02. The number of ether oxygens (including phenoxy) is 1. The van der Waals surface area contributed by atoms with Crippen LogP contribution in [0.3, 0.4) is 0 Å². The van der Waals surface area contributed by atoms with Gasteiger partial charge in [0.25, 0.3) is 5.24 Å². The van der Waals surface area contributed by atoms with E-state index in [1.165, 1.54) is 12.1 Å². The molecule has 1 N–H and O–H groups in total.